The maximum Gasteiger partial charge on any atom is 0.137 e. The van der Waals surface area contributed by atoms with Crippen LogP contribution in [0.2, 0.25) is 0 Å². The van der Waals surface area contributed by atoms with Crippen molar-refractivity contribution < 1.29 is 14.6 Å². The van der Waals surface area contributed by atoms with E-state index in [1.165, 1.54) is 0 Å². The molecule has 2 atom stereocenters. The van der Waals surface area contributed by atoms with Gasteiger partial charge in [-0.05, 0) is 25.5 Å². The summed E-state index contributed by atoms with van der Waals surface area (Å²) in [6, 6.07) is 1.86. The molecule has 1 saturated heterocycles. The van der Waals surface area contributed by atoms with Gasteiger partial charge in [0.25, 0.3) is 0 Å². The van der Waals surface area contributed by atoms with E-state index < -0.39 is 6.10 Å². The van der Waals surface area contributed by atoms with E-state index in [1.54, 1.807) is 12.4 Å². The Bertz CT molecular complexity index is 426. The summed E-state index contributed by atoms with van der Waals surface area (Å²) in [7, 11) is 0. The molecule has 2 unspecified atom stereocenters. The Morgan fingerprint density at radius 2 is 2.29 bits per heavy atom. The highest BCUT2D eigenvalue weighted by molar-refractivity contribution is 5.26. The van der Waals surface area contributed by atoms with Gasteiger partial charge in [0.15, 0.2) is 0 Å². The van der Waals surface area contributed by atoms with Gasteiger partial charge < -0.3 is 14.6 Å². The molecule has 0 saturated carbocycles. The van der Waals surface area contributed by atoms with Crippen LogP contribution in [0.5, 0.6) is 5.75 Å². The standard InChI is InChI=1S/C16H26N2O3/c1-3-5-18-6-8-21-15(12-18)16(19)13-9-14(11-17-10-13)20-7-4-2/h9-11,15-16,19H,3-8,12H2,1-2H3. The molecule has 1 aromatic heterocycles. The summed E-state index contributed by atoms with van der Waals surface area (Å²) in [6.45, 7) is 8.30. The smallest absolute Gasteiger partial charge is 0.137 e. The van der Waals surface area contributed by atoms with Crippen LogP contribution in [0.4, 0.5) is 0 Å². The lowest BCUT2D eigenvalue weighted by molar-refractivity contribution is -0.0899. The Morgan fingerprint density at radius 3 is 3.05 bits per heavy atom. The number of morpholine rings is 1. The molecule has 5 nitrogen and oxygen atoms in total. The van der Waals surface area contributed by atoms with E-state index in [2.05, 4.69) is 23.7 Å². The molecule has 0 spiro atoms. The summed E-state index contributed by atoms with van der Waals surface area (Å²) in [6.07, 6.45) is 4.56. The SMILES string of the molecule is CCCOc1cncc(C(O)C2CN(CCC)CCO2)c1. The normalized spacial score (nSPS) is 21.2. The number of ether oxygens (including phenoxy) is 2. The highest BCUT2D eigenvalue weighted by Crippen LogP contribution is 2.24. The average Bonchev–Trinajstić information content (AvgIpc) is 2.53. The van der Waals surface area contributed by atoms with Gasteiger partial charge in [-0.2, -0.15) is 0 Å². The van der Waals surface area contributed by atoms with Crippen molar-refractivity contribution in [1.29, 1.82) is 0 Å². The molecule has 1 aliphatic heterocycles. The topological polar surface area (TPSA) is 54.8 Å². The van der Waals surface area contributed by atoms with Crippen LogP contribution in [0.3, 0.4) is 0 Å². The Labute approximate surface area is 126 Å². The Morgan fingerprint density at radius 1 is 1.43 bits per heavy atom. The zero-order valence-electron chi connectivity index (χ0n) is 13.0. The monoisotopic (exact) mass is 294 g/mol. The summed E-state index contributed by atoms with van der Waals surface area (Å²) in [5.41, 5.74) is 0.756. The van der Waals surface area contributed by atoms with Gasteiger partial charge in [-0.25, -0.2) is 0 Å². The number of hydrogen-bond acceptors (Lipinski definition) is 5. The highest BCUT2D eigenvalue weighted by atomic mass is 16.5. The van der Waals surface area contributed by atoms with Gasteiger partial charge in [-0.3, -0.25) is 9.88 Å². The molecule has 118 valence electrons. The third kappa shape index (κ3) is 4.66. The van der Waals surface area contributed by atoms with Gasteiger partial charge in [0.05, 0.1) is 19.4 Å². The van der Waals surface area contributed by atoms with E-state index in [0.29, 0.717) is 19.0 Å². The van der Waals surface area contributed by atoms with E-state index in [4.69, 9.17) is 9.47 Å². The van der Waals surface area contributed by atoms with Crippen LogP contribution in [0.15, 0.2) is 18.5 Å². The van der Waals surface area contributed by atoms with Crippen molar-refractivity contribution in [2.24, 2.45) is 0 Å². The number of pyridine rings is 1. The third-order valence-electron chi connectivity index (χ3n) is 3.62. The minimum atomic E-state index is -0.665. The summed E-state index contributed by atoms with van der Waals surface area (Å²) in [4.78, 5) is 6.49. The predicted molar refractivity (Wildman–Crippen MR) is 81.5 cm³/mol. The molecular weight excluding hydrogens is 268 g/mol. The van der Waals surface area contributed by atoms with Crippen LogP contribution in [0, 0.1) is 0 Å². The average molecular weight is 294 g/mol. The Balaban J connectivity index is 1.99. The maximum absolute atomic E-state index is 10.5. The van der Waals surface area contributed by atoms with Crippen LogP contribution in [-0.2, 0) is 4.74 Å². The first-order valence-corrected chi connectivity index (χ1v) is 7.84. The van der Waals surface area contributed by atoms with Gasteiger partial charge in [-0.1, -0.05) is 13.8 Å². The number of hydrogen-bond donors (Lipinski definition) is 1. The van der Waals surface area contributed by atoms with Crippen LogP contribution in [-0.4, -0.2) is 53.9 Å². The van der Waals surface area contributed by atoms with Gasteiger partial charge in [0.1, 0.15) is 18.0 Å². The molecule has 1 fully saturated rings. The number of aliphatic hydroxyl groups excluding tert-OH is 1. The first-order chi connectivity index (χ1) is 10.2. The molecule has 5 heteroatoms. The molecule has 0 aromatic carbocycles. The van der Waals surface area contributed by atoms with Crippen molar-refractivity contribution in [3.63, 3.8) is 0 Å². The van der Waals surface area contributed by atoms with E-state index >= 15 is 0 Å². The highest BCUT2D eigenvalue weighted by Gasteiger charge is 2.28. The molecule has 1 aliphatic rings. The third-order valence-corrected chi connectivity index (χ3v) is 3.62. The van der Waals surface area contributed by atoms with Gasteiger partial charge >= 0.3 is 0 Å². The van der Waals surface area contributed by atoms with Crippen molar-refractivity contribution in [3.05, 3.63) is 24.0 Å². The van der Waals surface area contributed by atoms with E-state index in [9.17, 15) is 5.11 Å². The molecule has 0 bridgehead atoms. The predicted octanol–water partition coefficient (Wildman–Crippen LogP) is 2.01. The molecular formula is C16H26N2O3. The molecule has 2 heterocycles. The number of aromatic nitrogens is 1. The summed E-state index contributed by atoms with van der Waals surface area (Å²) < 4.78 is 11.3. The second kappa shape index (κ2) is 8.32. The summed E-state index contributed by atoms with van der Waals surface area (Å²) >= 11 is 0. The van der Waals surface area contributed by atoms with E-state index in [1.807, 2.05) is 6.07 Å². The minimum Gasteiger partial charge on any atom is -0.492 e. The molecule has 2 rings (SSSR count). The van der Waals surface area contributed by atoms with Crippen LogP contribution in [0.1, 0.15) is 38.4 Å². The lowest BCUT2D eigenvalue weighted by Gasteiger charge is -2.35. The number of aliphatic hydroxyl groups is 1. The second-order valence-electron chi connectivity index (χ2n) is 5.46. The second-order valence-corrected chi connectivity index (χ2v) is 5.46. The van der Waals surface area contributed by atoms with Crippen LogP contribution >= 0.6 is 0 Å². The quantitative estimate of drug-likeness (QED) is 0.834. The Kier molecular flexibility index (Phi) is 6.42. The van der Waals surface area contributed by atoms with E-state index in [-0.39, 0.29) is 6.10 Å². The van der Waals surface area contributed by atoms with Crippen molar-refractivity contribution in [2.45, 2.75) is 38.9 Å². The maximum atomic E-state index is 10.5. The zero-order valence-corrected chi connectivity index (χ0v) is 13.0. The molecule has 0 aliphatic carbocycles. The fraction of sp³-hybridized carbons (Fsp3) is 0.688. The van der Waals surface area contributed by atoms with Gasteiger partial charge in [0, 0.05) is 24.8 Å². The fourth-order valence-electron chi connectivity index (χ4n) is 2.55. The fourth-order valence-corrected chi connectivity index (χ4v) is 2.55. The molecule has 1 aromatic rings. The summed E-state index contributed by atoms with van der Waals surface area (Å²) in [5, 5.41) is 10.5. The van der Waals surface area contributed by atoms with Gasteiger partial charge in [0.2, 0.25) is 0 Å². The van der Waals surface area contributed by atoms with Crippen molar-refractivity contribution in [3.8, 4) is 5.75 Å². The van der Waals surface area contributed by atoms with Gasteiger partial charge in [-0.15, -0.1) is 0 Å². The van der Waals surface area contributed by atoms with Crippen molar-refractivity contribution in [2.75, 3.05) is 32.8 Å². The van der Waals surface area contributed by atoms with E-state index in [0.717, 1.165) is 38.0 Å². The lowest BCUT2D eigenvalue weighted by atomic mass is 10.0. The first-order valence-electron chi connectivity index (χ1n) is 7.84. The van der Waals surface area contributed by atoms with Crippen molar-refractivity contribution in [1.82, 2.24) is 9.88 Å². The largest absolute Gasteiger partial charge is 0.492 e. The molecule has 1 N–H and O–H groups in total. The first kappa shape index (κ1) is 16.2. The number of nitrogens with zero attached hydrogens (tertiary/aromatic N) is 2. The minimum absolute atomic E-state index is 0.200. The summed E-state index contributed by atoms with van der Waals surface area (Å²) in [5.74, 6) is 0.703. The lowest BCUT2D eigenvalue weighted by Crippen LogP contribution is -2.45. The van der Waals surface area contributed by atoms with Crippen LogP contribution < -0.4 is 4.74 Å². The zero-order chi connectivity index (χ0) is 15.1. The van der Waals surface area contributed by atoms with Crippen molar-refractivity contribution >= 4 is 0 Å². The molecule has 21 heavy (non-hydrogen) atoms. The number of rotatable bonds is 7. The molecule has 0 amide bonds. The Hall–Kier alpha value is -1.17. The van der Waals surface area contributed by atoms with Crippen LogP contribution in [0.25, 0.3) is 0 Å². The molecule has 0 radical (unpaired) electrons.